The van der Waals surface area contributed by atoms with E-state index in [2.05, 4.69) is 26.3 Å². The van der Waals surface area contributed by atoms with E-state index in [0.29, 0.717) is 29.6 Å². The average Bonchev–Trinajstić information content (AvgIpc) is 3.63. The summed E-state index contributed by atoms with van der Waals surface area (Å²) in [5.74, 6) is 1.82. The Morgan fingerprint density at radius 1 is 1.24 bits per heavy atom. The van der Waals surface area contributed by atoms with Crippen LogP contribution in [-0.4, -0.2) is 70.7 Å². The first-order valence-corrected chi connectivity index (χ1v) is 15.5. The molecule has 0 spiro atoms. The Balaban J connectivity index is 1.32. The van der Waals surface area contributed by atoms with E-state index < -0.39 is 0 Å². The Kier molecular flexibility index (Phi) is 9.69. The van der Waals surface area contributed by atoms with Crippen LogP contribution in [0.25, 0.3) is 21.7 Å². The standard InChI is InChI=1S/C30H32N6O3S2/c1-38-24-14-20(17-32-18-24)27-25(16-31)29(40-2)41-28(27)26-9-10-33-30(35-26)34-21-6-3-8-23(15-21)39-13-5-12-36-11-4-7-22(36)19-37/h3,6,8-10,14-15,17-18,22,37H,4-5,7,11-13,19H2,1-2H3,(H,33,34,35)/t22-/m0/s1. The molecule has 11 heteroatoms. The normalized spacial score (nSPS) is 15.0. The Morgan fingerprint density at radius 2 is 2.15 bits per heavy atom. The predicted octanol–water partition coefficient (Wildman–Crippen LogP) is 5.84. The van der Waals surface area contributed by atoms with E-state index >= 15 is 0 Å². The predicted molar refractivity (Wildman–Crippen MR) is 163 cm³/mol. The monoisotopic (exact) mass is 588 g/mol. The van der Waals surface area contributed by atoms with Gasteiger partial charge < -0.3 is 19.9 Å². The summed E-state index contributed by atoms with van der Waals surface area (Å²) in [5.41, 5.74) is 3.69. The molecule has 1 aliphatic heterocycles. The molecule has 0 aliphatic carbocycles. The van der Waals surface area contributed by atoms with Crippen LogP contribution in [0.3, 0.4) is 0 Å². The number of aliphatic hydroxyl groups excluding tert-OH is 1. The number of nitrogens with one attached hydrogen (secondary N) is 1. The molecule has 1 aromatic carbocycles. The van der Waals surface area contributed by atoms with E-state index in [0.717, 1.165) is 64.0 Å². The van der Waals surface area contributed by atoms with Gasteiger partial charge in [-0.15, -0.1) is 23.1 Å². The minimum absolute atomic E-state index is 0.224. The summed E-state index contributed by atoms with van der Waals surface area (Å²) >= 11 is 3.06. The Labute approximate surface area is 248 Å². The molecule has 1 atom stereocenters. The number of hydrogen-bond donors (Lipinski definition) is 2. The quantitative estimate of drug-likeness (QED) is 0.154. The van der Waals surface area contributed by atoms with Crippen LogP contribution < -0.4 is 14.8 Å². The van der Waals surface area contributed by atoms with E-state index in [1.165, 1.54) is 23.1 Å². The van der Waals surface area contributed by atoms with Gasteiger partial charge in [-0.1, -0.05) is 6.07 Å². The second-order valence-corrected chi connectivity index (χ2v) is 11.6. The summed E-state index contributed by atoms with van der Waals surface area (Å²) in [5, 5.41) is 22.8. The first-order chi connectivity index (χ1) is 20.1. The molecule has 0 bridgehead atoms. The van der Waals surface area contributed by atoms with Gasteiger partial charge in [0.05, 0.1) is 46.9 Å². The van der Waals surface area contributed by atoms with E-state index in [-0.39, 0.29) is 12.6 Å². The Hall–Kier alpha value is -3.69. The number of hydrogen-bond acceptors (Lipinski definition) is 11. The van der Waals surface area contributed by atoms with Gasteiger partial charge in [0.15, 0.2) is 0 Å². The van der Waals surface area contributed by atoms with Gasteiger partial charge in [-0.2, -0.15) is 5.26 Å². The van der Waals surface area contributed by atoms with Gasteiger partial charge >= 0.3 is 0 Å². The molecule has 1 fully saturated rings. The minimum Gasteiger partial charge on any atom is -0.495 e. The lowest BCUT2D eigenvalue weighted by atomic mass is 10.0. The molecular formula is C30H32N6O3S2. The summed E-state index contributed by atoms with van der Waals surface area (Å²) in [6.07, 6.45) is 10.2. The van der Waals surface area contributed by atoms with Gasteiger partial charge in [-0.05, 0) is 56.3 Å². The number of likely N-dealkylation sites (tertiary alicyclic amines) is 1. The summed E-state index contributed by atoms with van der Waals surface area (Å²) in [6, 6.07) is 14.1. The van der Waals surface area contributed by atoms with Crippen molar-refractivity contribution in [1.82, 2.24) is 19.9 Å². The zero-order valence-electron chi connectivity index (χ0n) is 23.0. The van der Waals surface area contributed by atoms with Crippen molar-refractivity contribution < 1.29 is 14.6 Å². The summed E-state index contributed by atoms with van der Waals surface area (Å²) in [6.45, 7) is 2.79. The van der Waals surface area contributed by atoms with Crippen molar-refractivity contribution in [2.24, 2.45) is 0 Å². The van der Waals surface area contributed by atoms with Gasteiger partial charge in [-0.25, -0.2) is 9.97 Å². The number of pyridine rings is 1. The third kappa shape index (κ3) is 6.80. The Morgan fingerprint density at radius 3 is 2.95 bits per heavy atom. The second kappa shape index (κ2) is 13.8. The van der Waals surface area contributed by atoms with Crippen LogP contribution in [0.5, 0.6) is 11.5 Å². The number of nitriles is 1. The topological polar surface area (TPSA) is 116 Å². The zero-order chi connectivity index (χ0) is 28.6. The number of aliphatic hydroxyl groups is 1. The number of rotatable bonds is 12. The number of thioether (sulfide) groups is 1. The first kappa shape index (κ1) is 28.8. The van der Waals surface area contributed by atoms with Gasteiger partial charge in [0, 0.05) is 47.9 Å². The fourth-order valence-electron chi connectivity index (χ4n) is 4.97. The Bertz CT molecular complexity index is 1520. The van der Waals surface area contributed by atoms with Gasteiger partial charge in [0.25, 0.3) is 0 Å². The van der Waals surface area contributed by atoms with Crippen LogP contribution in [-0.2, 0) is 0 Å². The molecule has 1 aliphatic rings. The molecule has 0 radical (unpaired) electrons. The molecule has 9 nitrogen and oxygen atoms in total. The van der Waals surface area contributed by atoms with Crippen molar-refractivity contribution in [2.45, 2.75) is 29.5 Å². The molecule has 0 unspecified atom stereocenters. The lowest BCUT2D eigenvalue weighted by Crippen LogP contribution is -2.33. The lowest BCUT2D eigenvalue weighted by Gasteiger charge is -2.22. The van der Waals surface area contributed by atoms with E-state index in [4.69, 9.17) is 14.5 Å². The molecule has 1 saturated heterocycles. The molecular weight excluding hydrogens is 557 g/mol. The highest BCUT2D eigenvalue weighted by Gasteiger charge is 2.23. The maximum absolute atomic E-state index is 10.0. The van der Waals surface area contributed by atoms with Gasteiger partial charge in [0.2, 0.25) is 5.95 Å². The second-order valence-electron chi connectivity index (χ2n) is 9.53. The van der Waals surface area contributed by atoms with Crippen molar-refractivity contribution in [3.63, 3.8) is 0 Å². The fraction of sp³-hybridized carbons (Fsp3) is 0.333. The van der Waals surface area contributed by atoms with Crippen LogP contribution in [0.4, 0.5) is 11.6 Å². The molecule has 41 heavy (non-hydrogen) atoms. The average molecular weight is 589 g/mol. The smallest absolute Gasteiger partial charge is 0.227 e. The molecule has 2 N–H and O–H groups in total. The third-order valence-corrected chi connectivity index (χ3v) is 9.29. The molecule has 212 valence electrons. The van der Waals surface area contributed by atoms with Crippen molar-refractivity contribution in [2.75, 3.05) is 45.0 Å². The van der Waals surface area contributed by atoms with Crippen LogP contribution in [0.2, 0.25) is 0 Å². The van der Waals surface area contributed by atoms with Crippen LogP contribution >= 0.6 is 23.1 Å². The first-order valence-electron chi connectivity index (χ1n) is 13.4. The third-order valence-electron chi connectivity index (χ3n) is 6.96. The molecule has 3 aromatic heterocycles. The van der Waals surface area contributed by atoms with Crippen LogP contribution in [0.1, 0.15) is 24.8 Å². The lowest BCUT2D eigenvalue weighted by molar-refractivity contribution is 0.150. The van der Waals surface area contributed by atoms with E-state index in [1.807, 2.05) is 42.7 Å². The molecule has 0 saturated carbocycles. The number of nitrogens with zero attached hydrogens (tertiary/aromatic N) is 5. The number of anilines is 2. The maximum Gasteiger partial charge on any atom is 0.227 e. The van der Waals surface area contributed by atoms with Crippen molar-refractivity contribution in [3.8, 4) is 39.3 Å². The SMILES string of the molecule is COc1cncc(-c2c(-c3ccnc(Nc4cccc(OCCCN5CCC[C@H]5CO)c4)n3)sc(SC)c2C#N)c1. The van der Waals surface area contributed by atoms with Crippen molar-refractivity contribution >= 4 is 34.7 Å². The summed E-state index contributed by atoms with van der Waals surface area (Å²) in [4.78, 5) is 16.8. The molecule has 0 amide bonds. The molecule has 5 rings (SSSR count). The maximum atomic E-state index is 10.0. The minimum atomic E-state index is 0.224. The van der Waals surface area contributed by atoms with E-state index in [9.17, 15) is 10.4 Å². The number of benzene rings is 1. The highest BCUT2D eigenvalue weighted by atomic mass is 32.2. The zero-order valence-corrected chi connectivity index (χ0v) is 24.7. The number of ether oxygens (including phenoxy) is 2. The molecule has 4 aromatic rings. The highest BCUT2D eigenvalue weighted by Crippen LogP contribution is 2.46. The van der Waals surface area contributed by atoms with E-state index in [1.54, 1.807) is 25.7 Å². The summed E-state index contributed by atoms with van der Waals surface area (Å²) < 4.78 is 12.3. The summed E-state index contributed by atoms with van der Waals surface area (Å²) in [7, 11) is 1.60. The fourth-order valence-corrected chi connectivity index (χ4v) is 6.88. The number of methoxy groups -OCH3 is 1. The molecule has 4 heterocycles. The van der Waals surface area contributed by atoms with Crippen LogP contribution in [0, 0.1) is 11.3 Å². The number of aromatic nitrogens is 3. The van der Waals surface area contributed by atoms with Crippen LogP contribution in [0.15, 0.2) is 59.2 Å². The largest absolute Gasteiger partial charge is 0.495 e. The van der Waals surface area contributed by atoms with Gasteiger partial charge in [0.1, 0.15) is 17.6 Å². The number of thiophene rings is 1. The van der Waals surface area contributed by atoms with Crippen molar-refractivity contribution in [1.29, 1.82) is 5.26 Å². The van der Waals surface area contributed by atoms with Gasteiger partial charge in [-0.3, -0.25) is 9.88 Å². The van der Waals surface area contributed by atoms with Crippen molar-refractivity contribution in [3.05, 3.63) is 60.6 Å². The highest BCUT2D eigenvalue weighted by molar-refractivity contribution is 8.00.